The van der Waals surface area contributed by atoms with E-state index in [2.05, 4.69) is 4.72 Å². The van der Waals surface area contributed by atoms with Crippen LogP contribution in [0, 0.1) is 6.92 Å². The summed E-state index contributed by atoms with van der Waals surface area (Å²) in [5.41, 5.74) is 2.16. The maximum absolute atomic E-state index is 11.7. The number of carbonyl (C=O) groups is 1. The predicted molar refractivity (Wildman–Crippen MR) is 82.9 cm³/mol. The SMILES string of the molecule is CC(=O)N(CCNS(=O)(=O)N(C)C)Cc1cccc(C)c1. The predicted octanol–water partition coefficient (Wildman–Crippen LogP) is 0.740. The zero-order valence-corrected chi connectivity index (χ0v) is 13.8. The molecule has 0 aliphatic carbocycles. The second-order valence-corrected chi connectivity index (χ2v) is 7.08. The fraction of sp³-hybridized carbons (Fsp3) is 0.500. The molecule has 0 spiro atoms. The largest absolute Gasteiger partial charge is 0.337 e. The number of carbonyl (C=O) groups excluding carboxylic acids is 1. The highest BCUT2D eigenvalue weighted by atomic mass is 32.2. The molecule has 1 amide bonds. The number of aryl methyl sites for hydroxylation is 1. The Balaban J connectivity index is 2.61. The maximum atomic E-state index is 11.7. The lowest BCUT2D eigenvalue weighted by Crippen LogP contribution is -2.41. The quantitative estimate of drug-likeness (QED) is 0.807. The standard InChI is InChI=1S/C14H23N3O3S/c1-12-6-5-7-14(10-12)11-17(13(2)18)9-8-15-21(19,20)16(3)4/h5-7,10,15H,8-9,11H2,1-4H3. The van der Waals surface area contributed by atoms with E-state index in [-0.39, 0.29) is 12.5 Å². The van der Waals surface area contributed by atoms with E-state index < -0.39 is 10.2 Å². The normalized spacial score (nSPS) is 11.7. The van der Waals surface area contributed by atoms with Gasteiger partial charge in [-0.1, -0.05) is 29.8 Å². The summed E-state index contributed by atoms with van der Waals surface area (Å²) in [5, 5.41) is 0. The first-order valence-corrected chi connectivity index (χ1v) is 8.14. The van der Waals surface area contributed by atoms with Crippen molar-refractivity contribution in [2.75, 3.05) is 27.2 Å². The highest BCUT2D eigenvalue weighted by Gasteiger charge is 2.14. The molecule has 0 bridgehead atoms. The Labute approximate surface area is 126 Å². The summed E-state index contributed by atoms with van der Waals surface area (Å²) in [6.07, 6.45) is 0. The Hall–Kier alpha value is -1.44. The summed E-state index contributed by atoms with van der Waals surface area (Å²) in [7, 11) is -0.541. The van der Waals surface area contributed by atoms with Crippen LogP contribution in [0.4, 0.5) is 0 Å². The molecule has 0 fully saturated rings. The van der Waals surface area contributed by atoms with Crippen LogP contribution in [0.15, 0.2) is 24.3 Å². The molecule has 0 unspecified atom stereocenters. The number of nitrogens with one attached hydrogen (secondary N) is 1. The third kappa shape index (κ3) is 5.82. The molecule has 1 aromatic carbocycles. The highest BCUT2D eigenvalue weighted by Crippen LogP contribution is 2.07. The Kier molecular flexibility index (Phi) is 6.32. The molecule has 118 valence electrons. The third-order valence-electron chi connectivity index (χ3n) is 3.05. The van der Waals surface area contributed by atoms with Crippen LogP contribution in [-0.4, -0.2) is 50.7 Å². The molecule has 0 heterocycles. The second kappa shape index (κ2) is 7.53. The third-order valence-corrected chi connectivity index (χ3v) is 4.58. The lowest BCUT2D eigenvalue weighted by Gasteiger charge is -2.22. The van der Waals surface area contributed by atoms with Gasteiger partial charge >= 0.3 is 0 Å². The molecule has 0 atom stereocenters. The van der Waals surface area contributed by atoms with E-state index >= 15 is 0 Å². The monoisotopic (exact) mass is 313 g/mol. The number of hydrogen-bond donors (Lipinski definition) is 1. The van der Waals surface area contributed by atoms with Gasteiger partial charge in [0.25, 0.3) is 10.2 Å². The molecule has 1 N–H and O–H groups in total. The van der Waals surface area contributed by atoms with Crippen molar-refractivity contribution in [2.45, 2.75) is 20.4 Å². The van der Waals surface area contributed by atoms with Gasteiger partial charge in [-0.3, -0.25) is 4.79 Å². The summed E-state index contributed by atoms with van der Waals surface area (Å²) in [4.78, 5) is 13.3. The van der Waals surface area contributed by atoms with E-state index in [1.54, 1.807) is 4.90 Å². The van der Waals surface area contributed by atoms with Gasteiger partial charge in [0.2, 0.25) is 5.91 Å². The molecule has 0 aromatic heterocycles. The van der Waals surface area contributed by atoms with Crippen molar-refractivity contribution >= 4 is 16.1 Å². The first-order valence-electron chi connectivity index (χ1n) is 6.70. The van der Waals surface area contributed by atoms with Gasteiger partial charge in [0, 0.05) is 40.7 Å². The lowest BCUT2D eigenvalue weighted by atomic mass is 10.1. The number of rotatable bonds is 7. The minimum Gasteiger partial charge on any atom is -0.337 e. The first-order chi connectivity index (χ1) is 9.72. The molecule has 1 rings (SSSR count). The average Bonchev–Trinajstić information content (AvgIpc) is 2.37. The topological polar surface area (TPSA) is 69.7 Å². The van der Waals surface area contributed by atoms with Crippen LogP contribution in [0.5, 0.6) is 0 Å². The smallest absolute Gasteiger partial charge is 0.278 e. The summed E-state index contributed by atoms with van der Waals surface area (Å²) >= 11 is 0. The lowest BCUT2D eigenvalue weighted by molar-refractivity contribution is -0.129. The maximum Gasteiger partial charge on any atom is 0.278 e. The zero-order chi connectivity index (χ0) is 16.0. The fourth-order valence-corrected chi connectivity index (χ4v) is 2.42. The summed E-state index contributed by atoms with van der Waals surface area (Å²) in [6, 6.07) is 7.90. The Bertz CT molecular complexity index is 585. The molecular formula is C14H23N3O3S. The molecule has 0 aliphatic rings. The first kappa shape index (κ1) is 17.6. The van der Waals surface area contributed by atoms with Crippen molar-refractivity contribution in [1.29, 1.82) is 0 Å². The Morgan fingerprint density at radius 2 is 1.95 bits per heavy atom. The molecule has 1 aromatic rings. The summed E-state index contributed by atoms with van der Waals surface area (Å²) in [5.74, 6) is -0.0828. The van der Waals surface area contributed by atoms with Gasteiger partial charge in [-0.25, -0.2) is 4.72 Å². The second-order valence-electron chi connectivity index (χ2n) is 5.11. The van der Waals surface area contributed by atoms with Gasteiger partial charge in [-0.2, -0.15) is 12.7 Å². The van der Waals surface area contributed by atoms with Crippen LogP contribution in [0.3, 0.4) is 0 Å². The van der Waals surface area contributed by atoms with Gasteiger partial charge in [-0.05, 0) is 12.5 Å². The van der Waals surface area contributed by atoms with Crippen LogP contribution in [0.1, 0.15) is 18.1 Å². The Morgan fingerprint density at radius 3 is 2.48 bits per heavy atom. The minimum atomic E-state index is -3.45. The van der Waals surface area contributed by atoms with Crippen molar-refractivity contribution in [1.82, 2.24) is 13.9 Å². The van der Waals surface area contributed by atoms with Crippen molar-refractivity contribution in [3.05, 3.63) is 35.4 Å². The van der Waals surface area contributed by atoms with Gasteiger partial charge in [0.1, 0.15) is 0 Å². The van der Waals surface area contributed by atoms with E-state index in [1.807, 2.05) is 31.2 Å². The zero-order valence-electron chi connectivity index (χ0n) is 13.0. The van der Waals surface area contributed by atoms with E-state index in [9.17, 15) is 13.2 Å². The van der Waals surface area contributed by atoms with Gasteiger partial charge in [0.05, 0.1) is 0 Å². The molecule has 6 nitrogen and oxygen atoms in total. The van der Waals surface area contributed by atoms with Crippen molar-refractivity contribution < 1.29 is 13.2 Å². The van der Waals surface area contributed by atoms with Gasteiger partial charge in [-0.15, -0.1) is 0 Å². The van der Waals surface area contributed by atoms with Crippen molar-refractivity contribution in [2.24, 2.45) is 0 Å². The number of hydrogen-bond acceptors (Lipinski definition) is 3. The van der Waals surface area contributed by atoms with Crippen LogP contribution in [0.2, 0.25) is 0 Å². The highest BCUT2D eigenvalue weighted by molar-refractivity contribution is 7.87. The van der Waals surface area contributed by atoms with Gasteiger partial charge in [0.15, 0.2) is 0 Å². The van der Waals surface area contributed by atoms with E-state index in [4.69, 9.17) is 0 Å². The molecule has 21 heavy (non-hydrogen) atoms. The molecule has 0 saturated heterocycles. The molecule has 0 saturated carbocycles. The minimum absolute atomic E-state index is 0.0828. The summed E-state index contributed by atoms with van der Waals surface area (Å²) in [6.45, 7) is 4.46. The van der Waals surface area contributed by atoms with Gasteiger partial charge < -0.3 is 4.90 Å². The molecule has 0 radical (unpaired) electrons. The molecular weight excluding hydrogens is 290 g/mol. The average molecular weight is 313 g/mol. The number of nitrogens with zero attached hydrogens (tertiary/aromatic N) is 2. The van der Waals surface area contributed by atoms with Crippen molar-refractivity contribution in [3.8, 4) is 0 Å². The fourth-order valence-electron chi connectivity index (χ4n) is 1.82. The van der Waals surface area contributed by atoms with Crippen LogP contribution in [-0.2, 0) is 21.5 Å². The summed E-state index contributed by atoms with van der Waals surface area (Å²) < 4.78 is 26.7. The van der Waals surface area contributed by atoms with E-state index in [0.717, 1.165) is 15.4 Å². The molecule has 0 aliphatic heterocycles. The van der Waals surface area contributed by atoms with Crippen LogP contribution >= 0.6 is 0 Å². The molecule has 7 heteroatoms. The van der Waals surface area contributed by atoms with Crippen molar-refractivity contribution in [3.63, 3.8) is 0 Å². The van der Waals surface area contributed by atoms with Crippen LogP contribution in [0.25, 0.3) is 0 Å². The Morgan fingerprint density at radius 1 is 1.29 bits per heavy atom. The number of amides is 1. The van der Waals surface area contributed by atoms with E-state index in [0.29, 0.717) is 13.1 Å². The van der Waals surface area contributed by atoms with Crippen LogP contribution < -0.4 is 4.72 Å². The van der Waals surface area contributed by atoms with E-state index in [1.165, 1.54) is 21.0 Å². The number of benzene rings is 1.